The fraction of sp³-hybridized carbons (Fsp3) is 1.00. The van der Waals surface area contributed by atoms with Crippen molar-refractivity contribution in [2.24, 2.45) is 10.8 Å². The van der Waals surface area contributed by atoms with Gasteiger partial charge in [-0.25, -0.2) is 0 Å². The molecule has 2 heteroatoms. The molecule has 0 bridgehead atoms. The zero-order valence-corrected chi connectivity index (χ0v) is 10.5. The van der Waals surface area contributed by atoms with Crippen molar-refractivity contribution in [3.63, 3.8) is 0 Å². The van der Waals surface area contributed by atoms with E-state index >= 15 is 0 Å². The molecule has 84 valence electrons. The Bertz CT molecular complexity index is 182. The molecule has 1 rings (SSSR count). The first-order chi connectivity index (χ1) is 6.30. The minimum Gasteiger partial charge on any atom is -0.377 e. The third kappa shape index (κ3) is 2.12. The molecule has 0 aliphatic heterocycles. The van der Waals surface area contributed by atoms with Crippen LogP contribution in [0.25, 0.3) is 0 Å². The molecular weight excluding hydrogens is 174 g/mol. The van der Waals surface area contributed by atoms with Crippen molar-refractivity contribution in [3.8, 4) is 0 Å². The van der Waals surface area contributed by atoms with Crippen LogP contribution in [0, 0.1) is 10.8 Å². The molecule has 0 heterocycles. The van der Waals surface area contributed by atoms with Crippen molar-refractivity contribution >= 4 is 0 Å². The molecule has 0 unspecified atom stereocenters. The molecule has 1 N–H and O–H groups in total. The predicted octanol–water partition coefficient (Wildman–Crippen LogP) is 2.44. The van der Waals surface area contributed by atoms with Crippen molar-refractivity contribution in [2.75, 3.05) is 13.2 Å². The van der Waals surface area contributed by atoms with Crippen LogP contribution in [-0.4, -0.2) is 25.3 Å². The van der Waals surface area contributed by atoms with Gasteiger partial charge in [-0.1, -0.05) is 27.7 Å². The topological polar surface area (TPSA) is 21.3 Å². The van der Waals surface area contributed by atoms with Crippen molar-refractivity contribution in [3.05, 3.63) is 0 Å². The molecule has 0 amide bonds. The highest BCUT2D eigenvalue weighted by Gasteiger charge is 2.64. The minimum atomic E-state index is 0.344. The van der Waals surface area contributed by atoms with Crippen LogP contribution < -0.4 is 5.32 Å². The molecule has 1 fully saturated rings. The van der Waals surface area contributed by atoms with E-state index in [0.29, 0.717) is 23.0 Å². The van der Waals surface area contributed by atoms with E-state index in [1.807, 2.05) is 0 Å². The lowest BCUT2D eigenvalue weighted by molar-refractivity contribution is 0.0800. The molecule has 1 aliphatic rings. The lowest BCUT2D eigenvalue weighted by atomic mass is 10.0. The highest BCUT2D eigenvalue weighted by Crippen LogP contribution is 2.62. The highest BCUT2D eigenvalue weighted by molar-refractivity contribution is 5.17. The first kappa shape index (κ1) is 12.0. The van der Waals surface area contributed by atoms with Crippen LogP contribution in [-0.2, 0) is 4.74 Å². The fourth-order valence-corrected chi connectivity index (χ4v) is 2.20. The second kappa shape index (κ2) is 3.82. The Morgan fingerprint density at radius 3 is 2.00 bits per heavy atom. The smallest absolute Gasteiger partial charge is 0.0594 e. The maximum atomic E-state index is 5.49. The van der Waals surface area contributed by atoms with Gasteiger partial charge in [-0.05, 0) is 24.7 Å². The van der Waals surface area contributed by atoms with E-state index in [4.69, 9.17) is 4.74 Å². The number of hydrogen-bond acceptors (Lipinski definition) is 2. The van der Waals surface area contributed by atoms with Crippen molar-refractivity contribution in [2.45, 2.75) is 53.7 Å². The summed E-state index contributed by atoms with van der Waals surface area (Å²) in [6.07, 6.45) is 0.344. The average molecular weight is 199 g/mol. The van der Waals surface area contributed by atoms with Crippen LogP contribution in [0.5, 0.6) is 0 Å². The summed E-state index contributed by atoms with van der Waals surface area (Å²) in [5.41, 5.74) is 0.871. The molecule has 0 aromatic heterocycles. The van der Waals surface area contributed by atoms with Crippen LogP contribution in [0.4, 0.5) is 0 Å². The summed E-state index contributed by atoms with van der Waals surface area (Å²) >= 11 is 0. The zero-order chi connectivity index (χ0) is 11.0. The fourth-order valence-electron chi connectivity index (χ4n) is 2.20. The van der Waals surface area contributed by atoms with Crippen molar-refractivity contribution in [1.82, 2.24) is 5.32 Å². The Kier molecular flexibility index (Phi) is 3.27. The van der Waals surface area contributed by atoms with E-state index < -0.39 is 0 Å². The van der Waals surface area contributed by atoms with Gasteiger partial charge in [0.2, 0.25) is 0 Å². The van der Waals surface area contributed by atoms with Gasteiger partial charge in [-0.2, -0.15) is 0 Å². The highest BCUT2D eigenvalue weighted by atomic mass is 16.5. The predicted molar refractivity (Wildman–Crippen MR) is 60.4 cm³/mol. The summed E-state index contributed by atoms with van der Waals surface area (Å²) in [6, 6.07) is 0.644. The second-order valence-electron chi connectivity index (χ2n) is 5.75. The van der Waals surface area contributed by atoms with Gasteiger partial charge >= 0.3 is 0 Å². The Hall–Kier alpha value is -0.0800. The third-order valence-electron chi connectivity index (χ3n) is 3.92. The number of hydrogen-bond donors (Lipinski definition) is 1. The molecule has 1 saturated carbocycles. The number of ether oxygens (including phenoxy) is 1. The maximum Gasteiger partial charge on any atom is 0.0594 e. The molecule has 2 nitrogen and oxygen atoms in total. The van der Waals surface area contributed by atoms with Crippen LogP contribution >= 0.6 is 0 Å². The van der Waals surface area contributed by atoms with Gasteiger partial charge in [0.15, 0.2) is 0 Å². The van der Waals surface area contributed by atoms with Gasteiger partial charge in [-0.3, -0.25) is 0 Å². The average Bonchev–Trinajstić information content (AvgIpc) is 2.38. The largest absolute Gasteiger partial charge is 0.377 e. The summed E-state index contributed by atoms with van der Waals surface area (Å²) < 4.78 is 5.49. The normalized spacial score (nSPS) is 24.2. The molecule has 0 saturated heterocycles. The Balaban J connectivity index is 2.16. The molecule has 0 aromatic carbocycles. The number of nitrogens with one attached hydrogen (secondary N) is 1. The van der Waals surface area contributed by atoms with Gasteiger partial charge in [-0.15, -0.1) is 0 Å². The van der Waals surface area contributed by atoms with Gasteiger partial charge in [0.1, 0.15) is 0 Å². The number of rotatable bonds is 5. The quantitative estimate of drug-likeness (QED) is 0.687. The molecule has 1 aliphatic carbocycles. The third-order valence-corrected chi connectivity index (χ3v) is 3.92. The van der Waals surface area contributed by atoms with E-state index in [1.165, 1.54) is 0 Å². The second-order valence-corrected chi connectivity index (χ2v) is 5.75. The molecule has 0 radical (unpaired) electrons. The van der Waals surface area contributed by atoms with Crippen LogP contribution in [0.1, 0.15) is 41.5 Å². The van der Waals surface area contributed by atoms with E-state index in [0.717, 1.165) is 13.2 Å². The summed E-state index contributed by atoms with van der Waals surface area (Å²) in [5.74, 6) is 0. The molecular formula is C12H25NO. The lowest BCUT2D eigenvalue weighted by Gasteiger charge is -2.09. The van der Waals surface area contributed by atoms with Crippen LogP contribution in [0.2, 0.25) is 0 Å². The standard InChI is InChI=1S/C12H25NO/c1-9(2)14-8-7-13-10-11(3,4)12(10,5)6/h9-10,13H,7-8H2,1-6H3. The Labute approximate surface area is 88.4 Å². The molecule has 0 atom stereocenters. The molecule has 0 aromatic rings. The maximum absolute atomic E-state index is 5.49. The van der Waals surface area contributed by atoms with E-state index in [2.05, 4.69) is 46.9 Å². The first-order valence-electron chi connectivity index (χ1n) is 5.65. The van der Waals surface area contributed by atoms with Gasteiger partial charge in [0.05, 0.1) is 12.7 Å². The summed E-state index contributed by atoms with van der Waals surface area (Å²) in [7, 11) is 0. The van der Waals surface area contributed by atoms with E-state index in [-0.39, 0.29) is 0 Å². The monoisotopic (exact) mass is 199 g/mol. The minimum absolute atomic E-state index is 0.344. The van der Waals surface area contributed by atoms with Gasteiger partial charge in [0.25, 0.3) is 0 Å². The van der Waals surface area contributed by atoms with Gasteiger partial charge < -0.3 is 10.1 Å². The van der Waals surface area contributed by atoms with E-state index in [1.54, 1.807) is 0 Å². The van der Waals surface area contributed by atoms with Gasteiger partial charge in [0, 0.05) is 12.6 Å². The molecule has 0 spiro atoms. The summed E-state index contributed by atoms with van der Waals surface area (Å²) in [6.45, 7) is 15.2. The summed E-state index contributed by atoms with van der Waals surface area (Å²) in [4.78, 5) is 0. The zero-order valence-electron chi connectivity index (χ0n) is 10.5. The first-order valence-corrected chi connectivity index (χ1v) is 5.65. The Morgan fingerprint density at radius 1 is 1.14 bits per heavy atom. The SMILES string of the molecule is CC(C)OCCNC1C(C)(C)C1(C)C. The van der Waals surface area contributed by atoms with Crippen molar-refractivity contribution < 1.29 is 4.74 Å². The van der Waals surface area contributed by atoms with Crippen LogP contribution in [0.15, 0.2) is 0 Å². The van der Waals surface area contributed by atoms with E-state index in [9.17, 15) is 0 Å². The molecule has 14 heavy (non-hydrogen) atoms. The van der Waals surface area contributed by atoms with Crippen LogP contribution in [0.3, 0.4) is 0 Å². The Morgan fingerprint density at radius 2 is 1.64 bits per heavy atom. The summed E-state index contributed by atoms with van der Waals surface area (Å²) in [5, 5.41) is 3.57. The lowest BCUT2D eigenvalue weighted by Crippen LogP contribution is -2.27. The van der Waals surface area contributed by atoms with Crippen molar-refractivity contribution in [1.29, 1.82) is 0 Å².